The molecule has 0 spiro atoms. The van der Waals surface area contributed by atoms with Crippen LogP contribution in [0.4, 0.5) is 0 Å². The van der Waals surface area contributed by atoms with Gasteiger partial charge in [-0.15, -0.1) is 0 Å². The Bertz CT molecular complexity index is 961. The van der Waals surface area contributed by atoms with Crippen LogP contribution in [0.3, 0.4) is 0 Å². The second kappa shape index (κ2) is 6.86. The average molecular weight is 377 g/mol. The molecule has 3 aromatic rings. The molecule has 120 valence electrons. The Balaban J connectivity index is 2.04. The summed E-state index contributed by atoms with van der Waals surface area (Å²) in [6, 6.07) is 8.89. The molecule has 0 saturated carbocycles. The summed E-state index contributed by atoms with van der Waals surface area (Å²) in [6.07, 6.45) is 1.62. The molecular formula is C18H12Cl3N3. The SMILES string of the molecule is Cc1nc(C#Cc2ccnc(Cl)c2)c(C)n1-c1cc(Cl)cc(Cl)c1. The van der Waals surface area contributed by atoms with Crippen molar-refractivity contribution in [3.63, 3.8) is 0 Å². The topological polar surface area (TPSA) is 30.7 Å². The van der Waals surface area contributed by atoms with Crippen molar-refractivity contribution in [2.75, 3.05) is 0 Å². The second-order valence-electron chi connectivity index (χ2n) is 5.17. The fourth-order valence-electron chi connectivity index (χ4n) is 2.42. The third-order valence-corrected chi connectivity index (χ3v) is 4.08. The number of aromatic nitrogens is 3. The largest absolute Gasteiger partial charge is 0.300 e. The predicted molar refractivity (Wildman–Crippen MR) is 98.3 cm³/mol. The van der Waals surface area contributed by atoms with Crippen LogP contribution < -0.4 is 0 Å². The Morgan fingerprint density at radius 1 is 0.958 bits per heavy atom. The van der Waals surface area contributed by atoms with Crippen LogP contribution in [-0.4, -0.2) is 14.5 Å². The summed E-state index contributed by atoms with van der Waals surface area (Å²) < 4.78 is 1.97. The third kappa shape index (κ3) is 3.57. The van der Waals surface area contributed by atoms with Crippen LogP contribution in [0.15, 0.2) is 36.5 Å². The Morgan fingerprint density at radius 2 is 1.67 bits per heavy atom. The first-order valence-electron chi connectivity index (χ1n) is 7.10. The van der Waals surface area contributed by atoms with Gasteiger partial charge in [0.05, 0.1) is 11.4 Å². The molecule has 0 N–H and O–H groups in total. The van der Waals surface area contributed by atoms with Crippen LogP contribution in [0.5, 0.6) is 0 Å². The summed E-state index contributed by atoms with van der Waals surface area (Å²) in [7, 11) is 0. The molecule has 0 radical (unpaired) electrons. The lowest BCUT2D eigenvalue weighted by molar-refractivity contribution is 0.941. The molecule has 0 aliphatic carbocycles. The first kappa shape index (κ1) is 16.9. The van der Waals surface area contributed by atoms with E-state index in [1.807, 2.05) is 30.5 Å². The van der Waals surface area contributed by atoms with Crippen LogP contribution in [0.1, 0.15) is 22.8 Å². The second-order valence-corrected chi connectivity index (χ2v) is 6.43. The van der Waals surface area contributed by atoms with Crippen LogP contribution >= 0.6 is 34.8 Å². The lowest BCUT2D eigenvalue weighted by Crippen LogP contribution is -1.99. The number of hydrogen-bond donors (Lipinski definition) is 0. The van der Waals surface area contributed by atoms with E-state index in [1.165, 1.54) is 0 Å². The number of rotatable bonds is 1. The Labute approximate surface area is 155 Å². The van der Waals surface area contributed by atoms with Gasteiger partial charge in [0.25, 0.3) is 0 Å². The summed E-state index contributed by atoms with van der Waals surface area (Å²) in [5, 5.41) is 1.56. The first-order valence-corrected chi connectivity index (χ1v) is 8.23. The molecule has 3 nitrogen and oxygen atoms in total. The van der Waals surface area contributed by atoms with E-state index in [1.54, 1.807) is 24.4 Å². The minimum atomic E-state index is 0.411. The van der Waals surface area contributed by atoms with Gasteiger partial charge < -0.3 is 0 Å². The van der Waals surface area contributed by atoms with Crippen LogP contribution in [-0.2, 0) is 0 Å². The lowest BCUT2D eigenvalue weighted by Gasteiger charge is -2.08. The zero-order chi connectivity index (χ0) is 17.3. The van der Waals surface area contributed by atoms with Crippen molar-refractivity contribution in [3.05, 3.63) is 74.5 Å². The molecule has 0 atom stereocenters. The van der Waals surface area contributed by atoms with Crippen molar-refractivity contribution in [1.29, 1.82) is 0 Å². The highest BCUT2D eigenvalue weighted by Crippen LogP contribution is 2.25. The number of aryl methyl sites for hydroxylation is 1. The van der Waals surface area contributed by atoms with E-state index < -0.39 is 0 Å². The molecule has 6 heteroatoms. The van der Waals surface area contributed by atoms with E-state index >= 15 is 0 Å². The van der Waals surface area contributed by atoms with E-state index in [9.17, 15) is 0 Å². The minimum Gasteiger partial charge on any atom is -0.300 e. The van der Waals surface area contributed by atoms with Crippen molar-refractivity contribution in [1.82, 2.24) is 14.5 Å². The van der Waals surface area contributed by atoms with Crippen molar-refractivity contribution in [2.24, 2.45) is 0 Å². The average Bonchev–Trinajstić information content (AvgIpc) is 2.78. The first-order chi connectivity index (χ1) is 11.4. The fourth-order valence-corrected chi connectivity index (χ4v) is 3.11. The van der Waals surface area contributed by atoms with Crippen LogP contribution in [0.25, 0.3) is 5.69 Å². The molecule has 2 heterocycles. The van der Waals surface area contributed by atoms with E-state index in [0.29, 0.717) is 20.9 Å². The molecule has 0 unspecified atom stereocenters. The highest BCUT2D eigenvalue weighted by atomic mass is 35.5. The Hall–Kier alpha value is -1.99. The molecule has 3 rings (SSSR count). The molecule has 0 aliphatic heterocycles. The number of nitrogens with zero attached hydrogens (tertiary/aromatic N) is 3. The van der Waals surface area contributed by atoms with E-state index in [2.05, 4.69) is 21.8 Å². The van der Waals surface area contributed by atoms with Gasteiger partial charge in [0.1, 0.15) is 16.7 Å². The van der Waals surface area contributed by atoms with Crippen molar-refractivity contribution in [2.45, 2.75) is 13.8 Å². The van der Waals surface area contributed by atoms with Gasteiger partial charge in [0.15, 0.2) is 0 Å². The van der Waals surface area contributed by atoms with Crippen molar-refractivity contribution in [3.8, 4) is 17.5 Å². The maximum atomic E-state index is 6.10. The zero-order valence-corrected chi connectivity index (χ0v) is 15.2. The van der Waals surface area contributed by atoms with Gasteiger partial charge in [-0.25, -0.2) is 9.97 Å². The number of pyridine rings is 1. The maximum Gasteiger partial charge on any atom is 0.135 e. The quantitative estimate of drug-likeness (QED) is 0.429. The molecule has 0 amide bonds. The number of imidazole rings is 1. The van der Waals surface area contributed by atoms with Gasteiger partial charge in [-0.3, -0.25) is 4.57 Å². The summed E-state index contributed by atoms with van der Waals surface area (Å²) in [6.45, 7) is 3.87. The highest BCUT2D eigenvalue weighted by Gasteiger charge is 2.12. The van der Waals surface area contributed by atoms with Crippen molar-refractivity contribution >= 4 is 34.8 Å². The standard InChI is InChI=1S/C18H12Cl3N3/c1-11-17(4-3-13-5-6-22-18(21)7-13)23-12(2)24(11)16-9-14(19)8-15(20)10-16/h5-10H,1-2H3. The summed E-state index contributed by atoms with van der Waals surface area (Å²) in [5.41, 5.74) is 3.25. The van der Waals surface area contributed by atoms with E-state index in [-0.39, 0.29) is 0 Å². The highest BCUT2D eigenvalue weighted by molar-refractivity contribution is 6.34. The molecular weight excluding hydrogens is 365 g/mol. The van der Waals surface area contributed by atoms with Gasteiger partial charge >= 0.3 is 0 Å². The van der Waals surface area contributed by atoms with Crippen LogP contribution in [0.2, 0.25) is 15.2 Å². The number of halogens is 3. The monoisotopic (exact) mass is 375 g/mol. The molecule has 0 aliphatic rings. The zero-order valence-electron chi connectivity index (χ0n) is 12.9. The Morgan fingerprint density at radius 3 is 2.33 bits per heavy atom. The molecule has 0 fully saturated rings. The number of hydrogen-bond acceptors (Lipinski definition) is 2. The number of benzene rings is 1. The summed E-state index contributed by atoms with van der Waals surface area (Å²) in [5.74, 6) is 6.95. The predicted octanol–water partition coefficient (Wildman–Crippen LogP) is 5.24. The van der Waals surface area contributed by atoms with E-state index in [0.717, 1.165) is 22.8 Å². The smallest absolute Gasteiger partial charge is 0.135 e. The van der Waals surface area contributed by atoms with E-state index in [4.69, 9.17) is 34.8 Å². The summed E-state index contributed by atoms with van der Waals surface area (Å²) >= 11 is 18.1. The van der Waals surface area contributed by atoms with Gasteiger partial charge in [0.2, 0.25) is 0 Å². The molecule has 24 heavy (non-hydrogen) atoms. The van der Waals surface area contributed by atoms with Gasteiger partial charge in [-0.05, 0) is 50.1 Å². The molecule has 1 aromatic carbocycles. The normalized spacial score (nSPS) is 10.4. The van der Waals surface area contributed by atoms with Gasteiger partial charge in [0, 0.05) is 21.8 Å². The molecule has 0 saturated heterocycles. The van der Waals surface area contributed by atoms with Gasteiger partial charge in [-0.1, -0.05) is 40.7 Å². The van der Waals surface area contributed by atoms with Gasteiger partial charge in [-0.2, -0.15) is 0 Å². The molecule has 2 aromatic heterocycles. The fraction of sp³-hybridized carbons (Fsp3) is 0.111. The maximum absolute atomic E-state index is 6.10. The Kier molecular flexibility index (Phi) is 4.82. The molecule has 0 bridgehead atoms. The summed E-state index contributed by atoms with van der Waals surface area (Å²) in [4.78, 5) is 8.48. The minimum absolute atomic E-state index is 0.411. The third-order valence-electron chi connectivity index (χ3n) is 3.43. The van der Waals surface area contributed by atoms with Crippen LogP contribution in [0, 0.1) is 25.7 Å². The van der Waals surface area contributed by atoms with Crippen molar-refractivity contribution < 1.29 is 0 Å². The lowest BCUT2D eigenvalue weighted by atomic mass is 10.2.